The molecule has 2 fully saturated rings. The quantitative estimate of drug-likeness (QED) is 0.927. The number of nitrogens with zero attached hydrogens (tertiary/aromatic N) is 3. The molecule has 110 valence electrons. The molecule has 1 saturated heterocycles. The molecule has 2 aliphatic rings. The normalized spacial score (nSPS) is 23.5. The van der Waals surface area contributed by atoms with Crippen LogP contribution >= 0.6 is 11.3 Å². The van der Waals surface area contributed by atoms with E-state index < -0.39 is 0 Å². The van der Waals surface area contributed by atoms with Gasteiger partial charge in [-0.2, -0.15) is 5.10 Å². The van der Waals surface area contributed by atoms with Gasteiger partial charge in [-0.05, 0) is 36.6 Å². The van der Waals surface area contributed by atoms with Crippen LogP contribution in [0.4, 0.5) is 0 Å². The highest BCUT2D eigenvalue weighted by molar-refractivity contribution is 7.12. The molecule has 2 aromatic heterocycles. The smallest absolute Gasteiger partial charge is 0.263 e. The van der Waals surface area contributed by atoms with Gasteiger partial charge in [0.15, 0.2) is 5.82 Å². The Kier molecular flexibility index (Phi) is 2.89. The first-order valence-electron chi connectivity index (χ1n) is 7.40. The van der Waals surface area contributed by atoms with Crippen LogP contribution in [-0.4, -0.2) is 39.1 Å². The van der Waals surface area contributed by atoms with Crippen LogP contribution in [-0.2, 0) is 0 Å². The van der Waals surface area contributed by atoms with Gasteiger partial charge < -0.3 is 4.90 Å². The number of amides is 1. The van der Waals surface area contributed by atoms with Crippen molar-refractivity contribution >= 4 is 17.2 Å². The average Bonchev–Trinajstić information content (AvgIpc) is 3.15. The summed E-state index contributed by atoms with van der Waals surface area (Å²) in [6, 6.07) is 3.84. The molecule has 2 aromatic rings. The van der Waals surface area contributed by atoms with E-state index in [2.05, 4.69) is 15.2 Å². The van der Waals surface area contributed by atoms with Gasteiger partial charge in [0, 0.05) is 19.0 Å². The highest BCUT2D eigenvalue weighted by Gasteiger charge is 2.53. The zero-order valence-corrected chi connectivity index (χ0v) is 12.8. The standard InChI is InChI=1S/C15H18N4OS/c1-10-16-13(18-17-10)11-8-19(9-15(11)5-3-6-15)14(20)12-4-2-7-21-12/h2,4,7,11H,3,5-6,8-9H2,1H3,(H,16,17,18). The maximum Gasteiger partial charge on any atom is 0.263 e. The van der Waals surface area contributed by atoms with E-state index in [0.29, 0.717) is 0 Å². The average molecular weight is 302 g/mol. The molecule has 1 aliphatic heterocycles. The number of aromatic amines is 1. The molecule has 1 atom stereocenters. The van der Waals surface area contributed by atoms with Crippen LogP contribution in [0.25, 0.3) is 0 Å². The van der Waals surface area contributed by atoms with Crippen LogP contribution < -0.4 is 0 Å². The van der Waals surface area contributed by atoms with Gasteiger partial charge in [0.05, 0.1) is 4.88 Å². The Bertz CT molecular complexity index is 659. The van der Waals surface area contributed by atoms with Crippen molar-refractivity contribution in [2.75, 3.05) is 13.1 Å². The molecule has 1 amide bonds. The third-order valence-corrected chi connectivity index (χ3v) is 5.80. The number of hydrogen-bond acceptors (Lipinski definition) is 4. The van der Waals surface area contributed by atoms with E-state index in [4.69, 9.17) is 0 Å². The number of thiophene rings is 1. The SMILES string of the molecule is Cc1nc(C2CN(C(=O)c3cccs3)CC23CCC3)n[nH]1. The van der Waals surface area contributed by atoms with Crippen molar-refractivity contribution < 1.29 is 4.79 Å². The Hall–Kier alpha value is -1.69. The Morgan fingerprint density at radius 3 is 2.95 bits per heavy atom. The van der Waals surface area contributed by atoms with Crippen LogP contribution in [0.1, 0.15) is 46.5 Å². The molecule has 5 nitrogen and oxygen atoms in total. The number of H-pyrrole nitrogens is 1. The first-order valence-corrected chi connectivity index (χ1v) is 8.28. The number of aryl methyl sites for hydroxylation is 1. The van der Waals surface area contributed by atoms with Crippen molar-refractivity contribution in [3.8, 4) is 0 Å². The summed E-state index contributed by atoms with van der Waals surface area (Å²) in [6.07, 6.45) is 3.61. The minimum absolute atomic E-state index is 0.158. The van der Waals surface area contributed by atoms with Crippen LogP contribution in [0, 0.1) is 12.3 Å². The molecule has 0 radical (unpaired) electrons. The van der Waals surface area contributed by atoms with Gasteiger partial charge in [-0.15, -0.1) is 11.3 Å². The minimum Gasteiger partial charge on any atom is -0.337 e. The van der Waals surface area contributed by atoms with Gasteiger partial charge in [0.25, 0.3) is 5.91 Å². The number of nitrogens with one attached hydrogen (secondary N) is 1. The van der Waals surface area contributed by atoms with Gasteiger partial charge in [-0.3, -0.25) is 9.89 Å². The maximum atomic E-state index is 12.6. The topological polar surface area (TPSA) is 61.9 Å². The largest absolute Gasteiger partial charge is 0.337 e. The molecule has 4 rings (SSSR count). The van der Waals surface area contributed by atoms with Crippen LogP contribution in [0.15, 0.2) is 17.5 Å². The third kappa shape index (κ3) is 2.00. The zero-order valence-electron chi connectivity index (χ0n) is 12.0. The molecule has 1 saturated carbocycles. The number of rotatable bonds is 2. The summed E-state index contributed by atoms with van der Waals surface area (Å²) in [5.41, 5.74) is 0.210. The molecular formula is C15H18N4OS. The fraction of sp³-hybridized carbons (Fsp3) is 0.533. The lowest BCUT2D eigenvalue weighted by atomic mass is 9.62. The molecule has 6 heteroatoms. The number of aromatic nitrogens is 3. The monoisotopic (exact) mass is 302 g/mol. The van der Waals surface area contributed by atoms with Gasteiger partial charge in [-0.25, -0.2) is 4.98 Å². The van der Waals surface area contributed by atoms with Crippen molar-refractivity contribution in [3.63, 3.8) is 0 Å². The second kappa shape index (κ2) is 4.66. The lowest BCUT2D eigenvalue weighted by Gasteiger charge is -2.41. The molecule has 1 unspecified atom stereocenters. The number of carbonyl (C=O) groups excluding carboxylic acids is 1. The van der Waals surface area contributed by atoms with Crippen molar-refractivity contribution in [1.82, 2.24) is 20.1 Å². The van der Waals surface area contributed by atoms with Crippen molar-refractivity contribution in [2.24, 2.45) is 5.41 Å². The fourth-order valence-electron chi connectivity index (χ4n) is 3.69. The van der Waals surface area contributed by atoms with Crippen LogP contribution in [0.5, 0.6) is 0 Å². The van der Waals surface area contributed by atoms with E-state index in [1.54, 1.807) is 0 Å². The second-order valence-electron chi connectivity index (χ2n) is 6.21. The van der Waals surface area contributed by atoms with E-state index in [-0.39, 0.29) is 17.2 Å². The number of likely N-dealkylation sites (tertiary alicyclic amines) is 1. The van der Waals surface area contributed by atoms with Gasteiger partial charge in [0.2, 0.25) is 0 Å². The Labute approximate surface area is 127 Å². The first-order chi connectivity index (χ1) is 10.2. The highest BCUT2D eigenvalue weighted by atomic mass is 32.1. The summed E-state index contributed by atoms with van der Waals surface area (Å²) >= 11 is 1.52. The summed E-state index contributed by atoms with van der Waals surface area (Å²) in [4.78, 5) is 20.0. The van der Waals surface area contributed by atoms with E-state index in [9.17, 15) is 4.79 Å². The van der Waals surface area contributed by atoms with E-state index >= 15 is 0 Å². The van der Waals surface area contributed by atoms with E-state index in [0.717, 1.165) is 29.6 Å². The number of carbonyl (C=O) groups is 1. The third-order valence-electron chi connectivity index (χ3n) is 4.94. The lowest BCUT2D eigenvalue weighted by Crippen LogP contribution is -2.37. The fourth-order valence-corrected chi connectivity index (χ4v) is 4.38. The molecule has 1 aliphatic carbocycles. The van der Waals surface area contributed by atoms with Crippen molar-refractivity contribution in [1.29, 1.82) is 0 Å². The van der Waals surface area contributed by atoms with Crippen LogP contribution in [0.3, 0.4) is 0 Å². The minimum atomic E-state index is 0.158. The Morgan fingerprint density at radius 1 is 1.52 bits per heavy atom. The molecular weight excluding hydrogens is 284 g/mol. The molecule has 0 bridgehead atoms. The summed E-state index contributed by atoms with van der Waals surface area (Å²) < 4.78 is 0. The lowest BCUT2D eigenvalue weighted by molar-refractivity contribution is 0.0728. The van der Waals surface area contributed by atoms with Gasteiger partial charge >= 0.3 is 0 Å². The Morgan fingerprint density at radius 2 is 2.38 bits per heavy atom. The maximum absolute atomic E-state index is 12.6. The van der Waals surface area contributed by atoms with Crippen molar-refractivity contribution in [3.05, 3.63) is 34.0 Å². The second-order valence-corrected chi connectivity index (χ2v) is 7.16. The van der Waals surface area contributed by atoms with Crippen LogP contribution in [0.2, 0.25) is 0 Å². The first kappa shape index (κ1) is 13.0. The van der Waals surface area contributed by atoms with Gasteiger partial charge in [-0.1, -0.05) is 12.5 Å². The predicted octanol–water partition coefficient (Wildman–Crippen LogP) is 2.58. The zero-order chi connectivity index (χ0) is 14.4. The highest BCUT2D eigenvalue weighted by Crippen LogP contribution is 2.55. The molecule has 21 heavy (non-hydrogen) atoms. The van der Waals surface area contributed by atoms with Gasteiger partial charge in [0.1, 0.15) is 5.82 Å². The Balaban J connectivity index is 1.62. The number of hydrogen-bond donors (Lipinski definition) is 1. The molecule has 3 heterocycles. The molecule has 0 aromatic carbocycles. The van der Waals surface area contributed by atoms with E-state index in [1.165, 1.54) is 30.6 Å². The van der Waals surface area contributed by atoms with Crippen molar-refractivity contribution in [2.45, 2.75) is 32.1 Å². The molecule has 1 N–H and O–H groups in total. The van der Waals surface area contributed by atoms with E-state index in [1.807, 2.05) is 29.3 Å². The summed E-state index contributed by atoms with van der Waals surface area (Å²) in [6.45, 7) is 3.52. The molecule has 1 spiro atoms. The summed E-state index contributed by atoms with van der Waals surface area (Å²) in [5, 5.41) is 9.26. The summed E-state index contributed by atoms with van der Waals surface area (Å²) in [5.74, 6) is 2.17. The summed E-state index contributed by atoms with van der Waals surface area (Å²) in [7, 11) is 0. The predicted molar refractivity (Wildman–Crippen MR) is 80.4 cm³/mol.